The zero-order chi connectivity index (χ0) is 15.0. The van der Waals surface area contributed by atoms with Crippen molar-refractivity contribution in [1.29, 1.82) is 0 Å². The van der Waals surface area contributed by atoms with Gasteiger partial charge in [0.25, 0.3) is 0 Å². The molecule has 4 nitrogen and oxygen atoms in total. The van der Waals surface area contributed by atoms with E-state index >= 15 is 0 Å². The fourth-order valence-electron chi connectivity index (χ4n) is 2.50. The van der Waals surface area contributed by atoms with Crippen molar-refractivity contribution in [3.63, 3.8) is 0 Å². The van der Waals surface area contributed by atoms with E-state index in [1.807, 2.05) is 30.3 Å². The third kappa shape index (κ3) is 2.49. The maximum atomic E-state index is 10.0. The van der Waals surface area contributed by atoms with Gasteiger partial charge in [0.15, 0.2) is 5.65 Å². The third-order valence-corrected chi connectivity index (χ3v) is 3.49. The summed E-state index contributed by atoms with van der Waals surface area (Å²) in [6.45, 7) is 6.97. The number of benzene rings is 1. The van der Waals surface area contributed by atoms with Crippen LogP contribution in [0.5, 0.6) is 5.75 Å². The molecule has 0 fully saturated rings. The third-order valence-electron chi connectivity index (χ3n) is 3.49. The molecule has 2 aromatic heterocycles. The van der Waals surface area contributed by atoms with Gasteiger partial charge in [-0.3, -0.25) is 0 Å². The number of para-hydroxylation sites is 1. The minimum absolute atomic E-state index is 0.0922. The molecule has 108 valence electrons. The molecule has 21 heavy (non-hydrogen) atoms. The van der Waals surface area contributed by atoms with Crippen molar-refractivity contribution >= 4 is 11.2 Å². The molecule has 0 amide bonds. The molecule has 4 heteroatoms. The highest BCUT2D eigenvalue weighted by atomic mass is 16.3. The van der Waals surface area contributed by atoms with Crippen LogP contribution < -0.4 is 0 Å². The van der Waals surface area contributed by atoms with Crippen molar-refractivity contribution in [2.24, 2.45) is 0 Å². The highest BCUT2D eigenvalue weighted by Crippen LogP contribution is 2.27. The Bertz CT molecular complexity index is 784. The molecule has 3 aromatic rings. The summed E-state index contributed by atoms with van der Waals surface area (Å²) in [6, 6.07) is 11.3. The summed E-state index contributed by atoms with van der Waals surface area (Å²) in [6.07, 6.45) is 1.78. The van der Waals surface area contributed by atoms with Crippen LogP contribution in [-0.4, -0.2) is 19.6 Å². The lowest BCUT2D eigenvalue weighted by atomic mass is 9.95. The van der Waals surface area contributed by atoms with Crippen molar-refractivity contribution < 1.29 is 5.11 Å². The molecule has 1 aromatic carbocycles. The first-order valence-corrected chi connectivity index (χ1v) is 7.05. The van der Waals surface area contributed by atoms with Gasteiger partial charge in [0.1, 0.15) is 17.1 Å². The number of hydrogen-bond acceptors (Lipinski definition) is 3. The predicted octanol–water partition coefficient (Wildman–Crippen LogP) is 3.48. The summed E-state index contributed by atoms with van der Waals surface area (Å²) in [5, 5.41) is 10.0. The van der Waals surface area contributed by atoms with Gasteiger partial charge in [0.05, 0.1) is 6.54 Å². The Labute approximate surface area is 124 Å². The topological polar surface area (TPSA) is 50.9 Å². The molecule has 1 N–H and O–H groups in total. The summed E-state index contributed by atoms with van der Waals surface area (Å²) < 4.78 is 2.09. The lowest BCUT2D eigenvalue weighted by Crippen LogP contribution is -2.19. The SMILES string of the molecule is CC(C)(C)c1nc2cccnc2n1Cc1ccccc1O. The minimum Gasteiger partial charge on any atom is -0.508 e. The van der Waals surface area contributed by atoms with Crippen LogP contribution in [0.15, 0.2) is 42.6 Å². The fourth-order valence-corrected chi connectivity index (χ4v) is 2.50. The van der Waals surface area contributed by atoms with Gasteiger partial charge in [-0.15, -0.1) is 0 Å². The number of imidazole rings is 1. The van der Waals surface area contributed by atoms with Gasteiger partial charge in [-0.25, -0.2) is 9.97 Å². The number of nitrogens with zero attached hydrogens (tertiary/aromatic N) is 3. The standard InChI is InChI=1S/C17H19N3O/c1-17(2,3)16-19-13-8-6-10-18-15(13)20(16)11-12-7-4-5-9-14(12)21/h4-10,21H,11H2,1-3H3. The normalized spacial score (nSPS) is 12.0. The number of hydrogen-bond donors (Lipinski definition) is 1. The van der Waals surface area contributed by atoms with Crippen LogP contribution in [-0.2, 0) is 12.0 Å². The van der Waals surface area contributed by atoms with Gasteiger partial charge < -0.3 is 9.67 Å². The summed E-state index contributed by atoms with van der Waals surface area (Å²) in [5.41, 5.74) is 2.52. The number of phenolic OH excluding ortho intramolecular Hbond substituents is 1. The number of fused-ring (bicyclic) bond motifs is 1. The number of rotatable bonds is 2. The van der Waals surface area contributed by atoms with Crippen molar-refractivity contribution in [2.75, 3.05) is 0 Å². The summed E-state index contributed by atoms with van der Waals surface area (Å²) in [5.74, 6) is 1.27. The monoisotopic (exact) mass is 281 g/mol. The van der Waals surface area contributed by atoms with Crippen LogP contribution in [0.3, 0.4) is 0 Å². The molecule has 0 unspecified atom stereocenters. The molecule has 0 aliphatic rings. The molecule has 0 atom stereocenters. The Morgan fingerprint density at radius 1 is 1.10 bits per heavy atom. The quantitative estimate of drug-likeness (QED) is 0.782. The molecule has 0 spiro atoms. The van der Waals surface area contributed by atoms with Gasteiger partial charge in [-0.2, -0.15) is 0 Å². The van der Waals surface area contributed by atoms with E-state index in [-0.39, 0.29) is 5.41 Å². The summed E-state index contributed by atoms with van der Waals surface area (Å²) >= 11 is 0. The fraction of sp³-hybridized carbons (Fsp3) is 0.294. The van der Waals surface area contributed by atoms with Crippen LogP contribution in [0.2, 0.25) is 0 Å². The van der Waals surface area contributed by atoms with Crippen molar-refractivity contribution in [3.8, 4) is 5.75 Å². The number of aromatic hydroxyl groups is 1. The van der Waals surface area contributed by atoms with E-state index in [0.717, 1.165) is 22.6 Å². The van der Waals surface area contributed by atoms with Crippen molar-refractivity contribution in [3.05, 3.63) is 54.0 Å². The van der Waals surface area contributed by atoms with Crippen LogP contribution in [0.1, 0.15) is 32.2 Å². The first-order valence-electron chi connectivity index (χ1n) is 7.05. The van der Waals surface area contributed by atoms with Gasteiger partial charge in [0, 0.05) is 17.2 Å². The Morgan fingerprint density at radius 2 is 1.86 bits per heavy atom. The van der Waals surface area contributed by atoms with Gasteiger partial charge >= 0.3 is 0 Å². The molecule has 0 saturated carbocycles. The summed E-state index contributed by atoms with van der Waals surface area (Å²) in [7, 11) is 0. The lowest BCUT2D eigenvalue weighted by molar-refractivity contribution is 0.461. The molecule has 0 aliphatic carbocycles. The van der Waals surface area contributed by atoms with Crippen LogP contribution in [0, 0.1) is 0 Å². The van der Waals surface area contributed by atoms with Crippen molar-refractivity contribution in [2.45, 2.75) is 32.7 Å². The van der Waals surface area contributed by atoms with Gasteiger partial charge in [-0.1, -0.05) is 39.0 Å². The van der Waals surface area contributed by atoms with Crippen LogP contribution >= 0.6 is 0 Å². The van der Waals surface area contributed by atoms with E-state index in [2.05, 4.69) is 30.3 Å². The zero-order valence-electron chi connectivity index (χ0n) is 12.5. The number of aromatic nitrogens is 3. The predicted molar refractivity (Wildman–Crippen MR) is 83.4 cm³/mol. The van der Waals surface area contributed by atoms with Gasteiger partial charge in [-0.05, 0) is 18.2 Å². The second kappa shape index (κ2) is 4.88. The molecule has 2 heterocycles. The molecule has 0 radical (unpaired) electrons. The minimum atomic E-state index is -0.0922. The molecule has 0 bridgehead atoms. The number of phenols is 1. The van der Waals surface area contributed by atoms with E-state index in [4.69, 9.17) is 4.98 Å². The molecule has 0 aliphatic heterocycles. The van der Waals surface area contributed by atoms with E-state index in [0.29, 0.717) is 12.3 Å². The first kappa shape index (κ1) is 13.6. The van der Waals surface area contributed by atoms with E-state index in [1.165, 1.54) is 0 Å². The zero-order valence-corrected chi connectivity index (χ0v) is 12.5. The number of pyridine rings is 1. The van der Waals surface area contributed by atoms with E-state index in [9.17, 15) is 5.11 Å². The second-order valence-electron chi connectivity index (χ2n) is 6.25. The van der Waals surface area contributed by atoms with E-state index in [1.54, 1.807) is 12.3 Å². The average Bonchev–Trinajstić information content (AvgIpc) is 2.80. The van der Waals surface area contributed by atoms with Gasteiger partial charge in [0.2, 0.25) is 0 Å². The lowest BCUT2D eigenvalue weighted by Gasteiger charge is -2.20. The van der Waals surface area contributed by atoms with Crippen LogP contribution in [0.25, 0.3) is 11.2 Å². The maximum Gasteiger partial charge on any atom is 0.160 e. The summed E-state index contributed by atoms with van der Waals surface area (Å²) in [4.78, 5) is 9.19. The Hall–Kier alpha value is -2.36. The second-order valence-corrected chi connectivity index (χ2v) is 6.25. The highest BCUT2D eigenvalue weighted by Gasteiger charge is 2.23. The van der Waals surface area contributed by atoms with Crippen LogP contribution in [0.4, 0.5) is 0 Å². The first-order chi connectivity index (χ1) is 9.97. The van der Waals surface area contributed by atoms with E-state index < -0.39 is 0 Å². The Kier molecular flexibility index (Phi) is 3.16. The van der Waals surface area contributed by atoms with Crippen molar-refractivity contribution in [1.82, 2.24) is 14.5 Å². The molecule has 0 saturated heterocycles. The smallest absolute Gasteiger partial charge is 0.160 e. The molecule has 3 rings (SSSR count). The molecular weight excluding hydrogens is 262 g/mol. The Balaban J connectivity index is 2.18. The Morgan fingerprint density at radius 3 is 2.57 bits per heavy atom. The highest BCUT2D eigenvalue weighted by molar-refractivity contribution is 5.71. The maximum absolute atomic E-state index is 10.0. The molecular formula is C17H19N3O. The largest absolute Gasteiger partial charge is 0.508 e. The average molecular weight is 281 g/mol.